The zero-order chi connectivity index (χ0) is 5.58. The van der Waals surface area contributed by atoms with Gasteiger partial charge in [0.2, 0.25) is 0 Å². The van der Waals surface area contributed by atoms with Crippen molar-refractivity contribution in [3.8, 4) is 0 Å². The summed E-state index contributed by atoms with van der Waals surface area (Å²) >= 11 is -2.61. The van der Waals surface area contributed by atoms with Crippen LogP contribution in [0.4, 0.5) is 0 Å². The molecule has 7 heavy (non-hydrogen) atoms. The van der Waals surface area contributed by atoms with Crippen molar-refractivity contribution in [1.82, 2.24) is 0 Å². The summed E-state index contributed by atoms with van der Waals surface area (Å²) in [4.78, 5) is 7.75. The Balaban J connectivity index is -0.0000000480. The largest absolute Gasteiger partial charge is 1.00 e. The van der Waals surface area contributed by atoms with Crippen LogP contribution in [0.3, 0.4) is 0 Å². The Hall–Kier alpha value is 0.740. The second-order valence-electron chi connectivity index (χ2n) is 0.231. The summed E-state index contributed by atoms with van der Waals surface area (Å²) in [6.07, 6.45) is 0. The van der Waals surface area contributed by atoms with Gasteiger partial charge in [-0.2, -0.15) is 4.21 Å². The van der Waals surface area contributed by atoms with Crippen molar-refractivity contribution in [3.05, 3.63) is 0 Å². The molecule has 0 spiro atoms. The van der Waals surface area contributed by atoms with Crippen LogP contribution in [0.1, 0.15) is 0 Å². The van der Waals surface area contributed by atoms with E-state index in [1.807, 2.05) is 0 Å². The Labute approximate surface area is 65.7 Å². The Morgan fingerprint density at radius 2 is 1.29 bits per heavy atom. The minimum atomic E-state index is -2.61. The molecular weight excluding hydrogens is 131 g/mol. The van der Waals surface area contributed by atoms with E-state index in [0.29, 0.717) is 0 Å². The van der Waals surface area contributed by atoms with Gasteiger partial charge in [0, 0.05) is 0 Å². The summed E-state index contributed by atoms with van der Waals surface area (Å²) < 4.78 is 22.8. The maximum absolute atomic E-state index is 8.67. The fourth-order valence-corrected chi connectivity index (χ4v) is 0. The van der Waals surface area contributed by atoms with E-state index in [2.05, 4.69) is 6.79 Å². The molecule has 0 aliphatic heterocycles. The van der Waals surface area contributed by atoms with Crippen LogP contribution in [0.25, 0.3) is 0 Å². The number of rotatable bonds is 0. The van der Waals surface area contributed by atoms with Crippen molar-refractivity contribution in [2.45, 2.75) is 0 Å². The van der Waals surface area contributed by atoms with Crippen molar-refractivity contribution in [1.29, 1.82) is 0 Å². The zero-order valence-corrected chi connectivity index (χ0v) is 6.51. The van der Waals surface area contributed by atoms with Crippen molar-refractivity contribution >= 4 is 18.2 Å². The summed E-state index contributed by atoms with van der Waals surface area (Å²) in [7, 11) is 0. The minimum Gasteiger partial charge on any atom is -0.545 e. The van der Waals surface area contributed by atoms with E-state index in [1.54, 1.807) is 0 Å². The summed E-state index contributed by atoms with van der Waals surface area (Å²) in [5.41, 5.74) is 0. The van der Waals surface area contributed by atoms with Crippen LogP contribution in [-0.4, -0.2) is 20.1 Å². The van der Waals surface area contributed by atoms with Crippen LogP contribution in [0.5, 0.6) is 0 Å². The predicted octanol–water partition coefficient (Wildman–Crippen LogP) is -3.59. The average molecular weight is 134 g/mol. The molecule has 0 saturated carbocycles. The van der Waals surface area contributed by atoms with Gasteiger partial charge in [-0.25, -0.2) is 0 Å². The second-order valence-corrected chi connectivity index (χ2v) is 0.692. The van der Waals surface area contributed by atoms with Gasteiger partial charge in [-0.3, -0.25) is 15.9 Å². The fraction of sp³-hybridized carbons (Fsp3) is 0. The molecule has 0 heterocycles. The van der Waals surface area contributed by atoms with Crippen molar-refractivity contribution in [3.63, 3.8) is 0 Å². The SMILES string of the molecule is O=S(O)O.[CH-]=O.[Na+]. The first-order valence-corrected chi connectivity index (χ1v) is 1.83. The van der Waals surface area contributed by atoms with E-state index in [1.165, 1.54) is 0 Å². The van der Waals surface area contributed by atoms with Gasteiger partial charge in [-0.1, -0.05) is 0 Å². The summed E-state index contributed by atoms with van der Waals surface area (Å²) in [5.74, 6) is 0. The Kier molecular flexibility index (Phi) is 35.5. The monoisotopic (exact) mass is 134 g/mol. The van der Waals surface area contributed by atoms with E-state index in [4.69, 9.17) is 18.1 Å². The molecule has 0 atom stereocenters. The van der Waals surface area contributed by atoms with Gasteiger partial charge in [0.05, 0.1) is 0 Å². The predicted molar refractivity (Wildman–Crippen MR) is 20.2 cm³/mol. The van der Waals surface area contributed by atoms with Crippen LogP contribution in [0.15, 0.2) is 0 Å². The quantitative estimate of drug-likeness (QED) is 0.155. The molecule has 0 aromatic heterocycles. The molecule has 2 N–H and O–H groups in total. The molecule has 0 amide bonds. The van der Waals surface area contributed by atoms with Crippen LogP contribution >= 0.6 is 0 Å². The molecular formula is CH3NaO4S. The fourth-order valence-electron chi connectivity index (χ4n) is 0. The smallest absolute Gasteiger partial charge is 0.545 e. The van der Waals surface area contributed by atoms with E-state index < -0.39 is 11.4 Å². The zero-order valence-electron chi connectivity index (χ0n) is 3.70. The standard InChI is InChI=1S/CHO.Na.H2O3S/c1-2;;1-4(2)3/h1H;;(H2,1,2,3)/q-1;+1;. The minimum absolute atomic E-state index is 0. The van der Waals surface area contributed by atoms with Crippen molar-refractivity contribution in [2.75, 3.05) is 0 Å². The van der Waals surface area contributed by atoms with Crippen molar-refractivity contribution in [2.24, 2.45) is 0 Å². The number of hydrogen-bond acceptors (Lipinski definition) is 2. The molecule has 0 rings (SSSR count). The summed E-state index contributed by atoms with van der Waals surface area (Å²) in [5, 5.41) is 0. The van der Waals surface area contributed by atoms with E-state index in [9.17, 15) is 0 Å². The molecule has 4 nitrogen and oxygen atoms in total. The van der Waals surface area contributed by atoms with Crippen LogP contribution < -0.4 is 29.6 Å². The Morgan fingerprint density at radius 1 is 1.29 bits per heavy atom. The maximum atomic E-state index is 8.67. The Morgan fingerprint density at radius 3 is 1.29 bits per heavy atom. The third-order valence-corrected chi connectivity index (χ3v) is 0. The number of hydrogen-bond donors (Lipinski definition) is 2. The molecule has 38 valence electrons. The van der Waals surface area contributed by atoms with Crippen LogP contribution in [0.2, 0.25) is 0 Å². The molecule has 0 aromatic rings. The molecule has 0 saturated heterocycles. The molecule has 0 radical (unpaired) electrons. The molecule has 0 unspecified atom stereocenters. The number of carbonyl (C=O) groups excluding carboxylic acids is 1. The molecule has 0 aliphatic carbocycles. The second kappa shape index (κ2) is 15.9. The molecule has 0 fully saturated rings. The molecule has 6 heteroatoms. The van der Waals surface area contributed by atoms with Crippen molar-refractivity contribution < 1.29 is 47.7 Å². The van der Waals surface area contributed by atoms with E-state index in [0.717, 1.165) is 0 Å². The first kappa shape index (κ1) is 15.6. The van der Waals surface area contributed by atoms with E-state index >= 15 is 0 Å². The topological polar surface area (TPSA) is 74.6 Å². The third kappa shape index (κ3) is 277. The van der Waals surface area contributed by atoms with Gasteiger partial charge in [0.1, 0.15) is 0 Å². The average Bonchev–Trinajstić information content (AvgIpc) is 1.41. The van der Waals surface area contributed by atoms with E-state index in [-0.39, 0.29) is 29.6 Å². The van der Waals surface area contributed by atoms with Gasteiger partial charge in [0.25, 0.3) is 11.4 Å². The van der Waals surface area contributed by atoms with Gasteiger partial charge >= 0.3 is 29.6 Å². The summed E-state index contributed by atoms with van der Waals surface area (Å²) in [6, 6.07) is 0. The maximum Gasteiger partial charge on any atom is 1.00 e. The van der Waals surface area contributed by atoms with Gasteiger partial charge in [0.15, 0.2) is 0 Å². The summed E-state index contributed by atoms with van der Waals surface area (Å²) in [6.45, 7) is 3.25. The van der Waals surface area contributed by atoms with Gasteiger partial charge in [-0.05, 0) is 0 Å². The van der Waals surface area contributed by atoms with Gasteiger partial charge < -0.3 is 4.79 Å². The molecule has 0 aliphatic rings. The molecule has 0 bridgehead atoms. The normalized spacial score (nSPS) is 5.57. The molecule has 0 aromatic carbocycles. The van der Waals surface area contributed by atoms with Gasteiger partial charge in [-0.15, -0.1) is 0 Å². The Bertz CT molecular complexity index is 43.0. The first-order chi connectivity index (χ1) is 2.73. The third-order valence-electron chi connectivity index (χ3n) is 0. The van der Waals surface area contributed by atoms with Crippen LogP contribution in [-0.2, 0) is 16.2 Å². The first-order valence-electron chi connectivity index (χ1n) is 0.768. The van der Waals surface area contributed by atoms with Crippen LogP contribution in [0, 0.1) is 0 Å².